The van der Waals surface area contributed by atoms with Gasteiger partial charge in [-0.3, -0.25) is 0 Å². The summed E-state index contributed by atoms with van der Waals surface area (Å²) in [6.07, 6.45) is 4.14. The van der Waals surface area contributed by atoms with Gasteiger partial charge in [-0.15, -0.1) is 11.1 Å². The number of ether oxygens (including phenoxy) is 1. The molecule has 0 unspecified atom stereocenters. The number of hydrogen-bond acceptors (Lipinski definition) is 2. The van der Waals surface area contributed by atoms with Gasteiger partial charge in [0, 0.05) is 5.69 Å². The van der Waals surface area contributed by atoms with Crippen molar-refractivity contribution in [2.75, 3.05) is 11.8 Å². The maximum Gasteiger partial charge on any atom is 0.119 e. The molecule has 1 aromatic carbocycles. The summed E-state index contributed by atoms with van der Waals surface area (Å²) >= 11 is -0.287. The zero-order valence-corrected chi connectivity index (χ0v) is 8.87. The van der Waals surface area contributed by atoms with E-state index in [1.165, 1.54) is 0 Å². The molecule has 1 aliphatic heterocycles. The second-order valence-corrected chi connectivity index (χ2v) is 4.57. The third-order valence-electron chi connectivity index (χ3n) is 1.95. The zero-order chi connectivity index (χ0) is 9.80. The van der Waals surface area contributed by atoms with Crippen molar-refractivity contribution >= 4 is 16.8 Å². The molecule has 1 N–H and O–H groups in total. The summed E-state index contributed by atoms with van der Waals surface area (Å²) in [5.74, 6) is 0.890. The van der Waals surface area contributed by atoms with Crippen molar-refractivity contribution in [2.24, 2.45) is 0 Å². The van der Waals surface area contributed by atoms with Gasteiger partial charge in [0.15, 0.2) is 0 Å². The smallest absolute Gasteiger partial charge is 0.119 e. The zero-order valence-electron chi connectivity index (χ0n) is 7.97. The molecule has 2 nitrogen and oxygen atoms in total. The van der Waals surface area contributed by atoms with Gasteiger partial charge in [-0.25, -0.2) is 0 Å². The molecule has 0 atom stereocenters. The highest BCUT2D eigenvalue weighted by molar-refractivity contribution is 8.23. The lowest BCUT2D eigenvalue weighted by atomic mass is 10.3. The van der Waals surface area contributed by atoms with Crippen LogP contribution in [0.3, 0.4) is 0 Å². The average molecular weight is 207 g/mol. The molecule has 0 fully saturated rings. The van der Waals surface area contributed by atoms with E-state index in [2.05, 4.69) is 27.7 Å². The minimum atomic E-state index is -0.287. The Labute approximate surface area is 86.8 Å². The van der Waals surface area contributed by atoms with Crippen LogP contribution in [0.1, 0.15) is 0 Å². The van der Waals surface area contributed by atoms with Gasteiger partial charge in [-0.2, -0.15) is 0 Å². The van der Waals surface area contributed by atoms with Gasteiger partial charge in [0.25, 0.3) is 0 Å². The van der Waals surface area contributed by atoms with E-state index in [1.54, 1.807) is 7.11 Å². The fourth-order valence-corrected chi connectivity index (χ4v) is 2.49. The lowest BCUT2D eigenvalue weighted by Gasteiger charge is -2.14. The summed E-state index contributed by atoms with van der Waals surface area (Å²) in [6.45, 7) is 0. The number of allylic oxidation sites excluding steroid dienone is 2. The Balaban J connectivity index is 2.02. The molecule has 0 bridgehead atoms. The third-order valence-corrected chi connectivity index (χ3v) is 3.46. The normalized spacial score (nSPS) is 15.9. The Morgan fingerprint density at radius 2 is 1.71 bits per heavy atom. The van der Waals surface area contributed by atoms with E-state index in [4.69, 9.17) is 4.74 Å². The van der Waals surface area contributed by atoms with E-state index >= 15 is 0 Å². The second kappa shape index (κ2) is 4.24. The Morgan fingerprint density at radius 1 is 1.07 bits per heavy atom. The van der Waals surface area contributed by atoms with E-state index in [-0.39, 0.29) is 11.1 Å². The van der Waals surface area contributed by atoms with Crippen molar-refractivity contribution in [3.05, 3.63) is 47.2 Å². The van der Waals surface area contributed by atoms with Gasteiger partial charge in [-0.1, -0.05) is 12.2 Å². The Morgan fingerprint density at radius 3 is 2.29 bits per heavy atom. The lowest BCUT2D eigenvalue weighted by Crippen LogP contribution is -1.90. The number of methoxy groups -OCH3 is 1. The number of anilines is 1. The summed E-state index contributed by atoms with van der Waals surface area (Å²) < 4.78 is 8.52. The fraction of sp³-hybridized carbons (Fsp3) is 0.0909. The summed E-state index contributed by atoms with van der Waals surface area (Å²) in [5, 5.41) is 4.36. The van der Waals surface area contributed by atoms with Crippen LogP contribution in [0.25, 0.3) is 0 Å². The molecule has 0 amide bonds. The first-order valence-electron chi connectivity index (χ1n) is 4.42. The number of hydrogen-bond donors (Lipinski definition) is 2. The summed E-state index contributed by atoms with van der Waals surface area (Å²) in [6, 6.07) is 7.98. The minimum absolute atomic E-state index is 0.287. The fourth-order valence-electron chi connectivity index (χ4n) is 1.22. The Bertz CT molecular complexity index is 344. The third kappa shape index (κ3) is 2.12. The summed E-state index contributed by atoms with van der Waals surface area (Å²) in [4.78, 5) is 0. The largest absolute Gasteiger partial charge is 0.497 e. The van der Waals surface area contributed by atoms with Crippen LogP contribution in [-0.4, -0.2) is 7.11 Å². The Kier molecular flexibility index (Phi) is 2.79. The monoisotopic (exact) mass is 207 g/mol. The van der Waals surface area contributed by atoms with E-state index in [0.29, 0.717) is 0 Å². The SMILES string of the molecule is COc1ccc(N[SH]2C=CC=C2)cc1. The van der Waals surface area contributed by atoms with E-state index in [1.807, 2.05) is 24.3 Å². The summed E-state index contributed by atoms with van der Waals surface area (Å²) in [5.41, 5.74) is 1.13. The molecular formula is C11H13NOS. The minimum Gasteiger partial charge on any atom is -0.497 e. The summed E-state index contributed by atoms with van der Waals surface area (Å²) in [7, 11) is 1.68. The van der Waals surface area contributed by atoms with Gasteiger partial charge >= 0.3 is 0 Å². The molecule has 2 rings (SSSR count). The van der Waals surface area contributed by atoms with Crippen molar-refractivity contribution < 1.29 is 4.74 Å². The van der Waals surface area contributed by atoms with Crippen LogP contribution in [-0.2, 0) is 0 Å². The molecule has 74 valence electrons. The number of benzene rings is 1. The van der Waals surface area contributed by atoms with Crippen LogP contribution in [0.15, 0.2) is 47.2 Å². The van der Waals surface area contributed by atoms with E-state index < -0.39 is 0 Å². The van der Waals surface area contributed by atoms with E-state index in [0.717, 1.165) is 11.4 Å². The molecule has 1 aromatic rings. The average Bonchev–Trinajstić information content (AvgIpc) is 2.72. The molecule has 0 aromatic heterocycles. The number of thiol groups is 1. The van der Waals surface area contributed by atoms with Crippen molar-refractivity contribution in [3.8, 4) is 5.75 Å². The van der Waals surface area contributed by atoms with E-state index in [9.17, 15) is 0 Å². The second-order valence-electron chi connectivity index (χ2n) is 2.93. The van der Waals surface area contributed by atoms with Gasteiger partial charge in [0.05, 0.1) is 7.11 Å². The van der Waals surface area contributed by atoms with Crippen LogP contribution in [0.4, 0.5) is 5.69 Å². The van der Waals surface area contributed by atoms with Gasteiger partial charge < -0.3 is 9.46 Å². The molecular weight excluding hydrogens is 194 g/mol. The molecule has 1 heterocycles. The quantitative estimate of drug-likeness (QED) is 0.743. The highest BCUT2D eigenvalue weighted by Gasteiger charge is 1.98. The lowest BCUT2D eigenvalue weighted by molar-refractivity contribution is 0.415. The Hall–Kier alpha value is -1.35. The van der Waals surface area contributed by atoms with Gasteiger partial charge in [-0.05, 0) is 35.1 Å². The van der Waals surface area contributed by atoms with Crippen molar-refractivity contribution in [1.29, 1.82) is 0 Å². The molecule has 3 heteroatoms. The van der Waals surface area contributed by atoms with Crippen LogP contribution in [0, 0.1) is 0 Å². The van der Waals surface area contributed by atoms with Gasteiger partial charge in [0.2, 0.25) is 0 Å². The topological polar surface area (TPSA) is 21.3 Å². The molecule has 1 aliphatic rings. The standard InChI is InChI=1S/C11H13NOS/c1-13-11-6-4-10(5-7-11)12-14-8-2-3-9-14/h2-9,12,14H,1H3. The first kappa shape index (κ1) is 9.21. The van der Waals surface area contributed by atoms with Crippen LogP contribution < -0.4 is 9.46 Å². The van der Waals surface area contributed by atoms with Crippen LogP contribution in [0.5, 0.6) is 5.75 Å². The number of nitrogens with one attached hydrogen (secondary N) is 1. The first-order chi connectivity index (χ1) is 6.88. The molecule has 14 heavy (non-hydrogen) atoms. The highest BCUT2D eigenvalue weighted by Crippen LogP contribution is 2.33. The molecule has 0 spiro atoms. The maximum absolute atomic E-state index is 5.09. The molecule has 0 radical (unpaired) electrons. The predicted molar refractivity (Wildman–Crippen MR) is 63.9 cm³/mol. The molecule has 0 saturated carbocycles. The van der Waals surface area contributed by atoms with Gasteiger partial charge in [0.1, 0.15) is 5.75 Å². The predicted octanol–water partition coefficient (Wildman–Crippen LogP) is 3.06. The maximum atomic E-state index is 5.09. The van der Waals surface area contributed by atoms with Crippen LogP contribution in [0.2, 0.25) is 0 Å². The molecule has 0 saturated heterocycles. The highest BCUT2D eigenvalue weighted by atomic mass is 32.2. The van der Waals surface area contributed by atoms with Crippen molar-refractivity contribution in [2.45, 2.75) is 0 Å². The van der Waals surface area contributed by atoms with Crippen LogP contribution >= 0.6 is 11.1 Å². The number of rotatable bonds is 3. The van der Waals surface area contributed by atoms with Crippen molar-refractivity contribution in [3.63, 3.8) is 0 Å². The van der Waals surface area contributed by atoms with Crippen molar-refractivity contribution in [1.82, 2.24) is 0 Å². The first-order valence-corrected chi connectivity index (χ1v) is 5.90. The molecule has 0 aliphatic carbocycles.